The summed E-state index contributed by atoms with van der Waals surface area (Å²) in [5, 5.41) is 0. The average Bonchev–Trinajstić information content (AvgIpc) is 1.97. The molecule has 1 rings (SSSR count). The molecule has 0 radical (unpaired) electrons. The van der Waals surface area contributed by atoms with Crippen LogP contribution in [0.4, 0.5) is 0 Å². The van der Waals surface area contributed by atoms with E-state index in [0.29, 0.717) is 6.04 Å². The van der Waals surface area contributed by atoms with Crippen LogP contribution in [0.15, 0.2) is 0 Å². The number of nitrogens with zero attached hydrogens (tertiary/aromatic N) is 1. The van der Waals surface area contributed by atoms with E-state index in [1.807, 2.05) is 0 Å². The lowest BCUT2D eigenvalue weighted by Gasteiger charge is -2.43. The van der Waals surface area contributed by atoms with E-state index in [2.05, 4.69) is 11.8 Å². The van der Waals surface area contributed by atoms with Gasteiger partial charge in [0.2, 0.25) is 5.91 Å². The van der Waals surface area contributed by atoms with Gasteiger partial charge in [-0.15, -0.1) is 0 Å². The normalized spacial score (nSPS) is 25.2. The van der Waals surface area contributed by atoms with Crippen molar-refractivity contribution in [3.05, 3.63) is 0 Å². The molecule has 0 aromatic rings. The molecule has 0 aromatic carbocycles. The van der Waals surface area contributed by atoms with Gasteiger partial charge in [-0.25, -0.2) is 0 Å². The lowest BCUT2D eigenvalue weighted by molar-refractivity contribution is -0.129. The molecule has 4 nitrogen and oxygen atoms in total. The Morgan fingerprint density at radius 2 is 2.38 bits per heavy atom. The molecule has 1 amide bonds. The Morgan fingerprint density at radius 3 is 2.77 bits per heavy atom. The molecule has 0 saturated carbocycles. The minimum absolute atomic E-state index is 0.0206. The highest BCUT2D eigenvalue weighted by Gasteiger charge is 2.35. The van der Waals surface area contributed by atoms with Crippen molar-refractivity contribution in [3.8, 4) is 0 Å². The van der Waals surface area contributed by atoms with Crippen molar-refractivity contribution in [2.45, 2.75) is 38.3 Å². The summed E-state index contributed by atoms with van der Waals surface area (Å²) in [5.41, 5.74) is 10.7. The third-order valence-corrected chi connectivity index (χ3v) is 2.78. The Labute approximate surface area is 79.3 Å². The minimum atomic E-state index is -0.189. The molecule has 1 fully saturated rings. The van der Waals surface area contributed by atoms with Crippen molar-refractivity contribution >= 4 is 5.91 Å². The first-order valence-electron chi connectivity index (χ1n) is 4.92. The highest BCUT2D eigenvalue weighted by Crippen LogP contribution is 2.22. The van der Waals surface area contributed by atoms with Gasteiger partial charge in [0.15, 0.2) is 0 Å². The number of likely N-dealkylation sites (tertiary alicyclic amines) is 1. The molecule has 0 bridgehead atoms. The van der Waals surface area contributed by atoms with Gasteiger partial charge in [0.1, 0.15) is 0 Å². The van der Waals surface area contributed by atoms with Gasteiger partial charge in [-0.1, -0.05) is 0 Å². The summed E-state index contributed by atoms with van der Waals surface area (Å²) in [6, 6.07) is 0.419. The van der Waals surface area contributed by atoms with Gasteiger partial charge in [0, 0.05) is 12.6 Å². The predicted molar refractivity (Wildman–Crippen MR) is 52.1 cm³/mol. The Bertz CT molecular complexity index is 184. The quantitative estimate of drug-likeness (QED) is 0.616. The van der Waals surface area contributed by atoms with Gasteiger partial charge >= 0.3 is 0 Å². The monoisotopic (exact) mass is 185 g/mol. The van der Waals surface area contributed by atoms with Crippen LogP contribution in [0.2, 0.25) is 0 Å². The molecule has 2 atom stereocenters. The third kappa shape index (κ3) is 2.42. The van der Waals surface area contributed by atoms with E-state index in [4.69, 9.17) is 11.5 Å². The first-order valence-corrected chi connectivity index (χ1v) is 4.92. The standard InChI is InChI=1S/C9H19N3O/c1-7(3-2-5-10)12-6-4-8(12)9(11)13/h7-8H,2-6,10H2,1H3,(H2,11,13). The van der Waals surface area contributed by atoms with Crippen LogP contribution in [0.1, 0.15) is 26.2 Å². The van der Waals surface area contributed by atoms with Gasteiger partial charge in [0.05, 0.1) is 6.04 Å². The number of amides is 1. The van der Waals surface area contributed by atoms with E-state index < -0.39 is 0 Å². The van der Waals surface area contributed by atoms with Crippen LogP contribution in [-0.4, -0.2) is 36.0 Å². The Hall–Kier alpha value is -0.610. The van der Waals surface area contributed by atoms with E-state index in [1.54, 1.807) is 0 Å². The van der Waals surface area contributed by atoms with Crippen molar-refractivity contribution in [2.24, 2.45) is 11.5 Å². The van der Waals surface area contributed by atoms with Crippen molar-refractivity contribution in [2.75, 3.05) is 13.1 Å². The van der Waals surface area contributed by atoms with Gasteiger partial charge < -0.3 is 11.5 Å². The molecule has 1 aliphatic heterocycles. The highest BCUT2D eigenvalue weighted by atomic mass is 16.1. The molecular weight excluding hydrogens is 166 g/mol. The van der Waals surface area contributed by atoms with Crippen LogP contribution in [0, 0.1) is 0 Å². The first-order chi connectivity index (χ1) is 6.16. The Morgan fingerprint density at radius 1 is 1.69 bits per heavy atom. The van der Waals surface area contributed by atoms with Crippen molar-refractivity contribution < 1.29 is 4.79 Å². The molecule has 2 unspecified atom stereocenters. The number of carbonyl (C=O) groups excluding carboxylic acids is 1. The first kappa shape index (κ1) is 10.5. The van der Waals surface area contributed by atoms with Crippen LogP contribution in [-0.2, 0) is 4.79 Å². The summed E-state index contributed by atoms with van der Waals surface area (Å²) < 4.78 is 0. The second-order valence-corrected chi connectivity index (χ2v) is 3.72. The maximum absolute atomic E-state index is 10.9. The van der Waals surface area contributed by atoms with Crippen LogP contribution >= 0.6 is 0 Å². The van der Waals surface area contributed by atoms with Crippen molar-refractivity contribution in [1.82, 2.24) is 4.90 Å². The van der Waals surface area contributed by atoms with Crippen molar-refractivity contribution in [1.29, 1.82) is 0 Å². The van der Waals surface area contributed by atoms with E-state index in [0.717, 1.165) is 32.4 Å². The number of hydrogen-bond donors (Lipinski definition) is 2. The summed E-state index contributed by atoms with van der Waals surface area (Å²) in [6.45, 7) is 3.85. The number of rotatable bonds is 5. The zero-order chi connectivity index (χ0) is 9.84. The van der Waals surface area contributed by atoms with Gasteiger partial charge in [-0.2, -0.15) is 0 Å². The van der Waals surface area contributed by atoms with E-state index in [9.17, 15) is 4.79 Å². The SMILES string of the molecule is CC(CCCN)N1CCC1C(N)=O. The van der Waals surface area contributed by atoms with Crippen LogP contribution < -0.4 is 11.5 Å². The molecule has 76 valence electrons. The van der Waals surface area contributed by atoms with Crippen LogP contribution in [0.25, 0.3) is 0 Å². The molecule has 0 spiro atoms. The Balaban J connectivity index is 2.30. The van der Waals surface area contributed by atoms with Gasteiger partial charge in [-0.05, 0) is 32.7 Å². The largest absolute Gasteiger partial charge is 0.368 e. The molecular formula is C9H19N3O. The molecule has 0 aliphatic carbocycles. The second-order valence-electron chi connectivity index (χ2n) is 3.72. The summed E-state index contributed by atoms with van der Waals surface area (Å²) in [5.74, 6) is -0.189. The summed E-state index contributed by atoms with van der Waals surface area (Å²) in [4.78, 5) is 13.1. The minimum Gasteiger partial charge on any atom is -0.368 e. The fraction of sp³-hybridized carbons (Fsp3) is 0.889. The third-order valence-electron chi connectivity index (χ3n) is 2.78. The van der Waals surface area contributed by atoms with E-state index in [-0.39, 0.29) is 11.9 Å². The average molecular weight is 185 g/mol. The van der Waals surface area contributed by atoms with Gasteiger partial charge in [0.25, 0.3) is 0 Å². The van der Waals surface area contributed by atoms with Crippen molar-refractivity contribution in [3.63, 3.8) is 0 Å². The lowest BCUT2D eigenvalue weighted by atomic mass is 9.97. The van der Waals surface area contributed by atoms with Gasteiger partial charge in [-0.3, -0.25) is 9.69 Å². The number of hydrogen-bond acceptors (Lipinski definition) is 3. The molecule has 13 heavy (non-hydrogen) atoms. The van der Waals surface area contributed by atoms with E-state index in [1.165, 1.54) is 0 Å². The molecule has 1 saturated heterocycles. The second kappa shape index (κ2) is 4.58. The Kier molecular flexibility index (Phi) is 3.69. The fourth-order valence-electron chi connectivity index (χ4n) is 1.82. The smallest absolute Gasteiger partial charge is 0.234 e. The molecule has 1 heterocycles. The lowest BCUT2D eigenvalue weighted by Crippen LogP contribution is -2.58. The topological polar surface area (TPSA) is 72.3 Å². The van der Waals surface area contributed by atoms with E-state index >= 15 is 0 Å². The predicted octanol–water partition coefficient (Wildman–Crippen LogP) is -0.327. The molecule has 0 aromatic heterocycles. The molecule has 4 heteroatoms. The fourth-order valence-corrected chi connectivity index (χ4v) is 1.82. The van der Waals surface area contributed by atoms with Crippen LogP contribution in [0.5, 0.6) is 0 Å². The highest BCUT2D eigenvalue weighted by molar-refractivity contribution is 5.80. The zero-order valence-corrected chi connectivity index (χ0v) is 8.20. The maximum atomic E-state index is 10.9. The summed E-state index contributed by atoms with van der Waals surface area (Å²) >= 11 is 0. The summed E-state index contributed by atoms with van der Waals surface area (Å²) in [7, 11) is 0. The number of carbonyl (C=O) groups is 1. The van der Waals surface area contributed by atoms with Crippen LogP contribution in [0.3, 0.4) is 0 Å². The molecule has 1 aliphatic rings. The molecule has 4 N–H and O–H groups in total. The number of primary amides is 1. The maximum Gasteiger partial charge on any atom is 0.234 e. The number of nitrogens with two attached hydrogens (primary N) is 2. The summed E-state index contributed by atoms with van der Waals surface area (Å²) in [6.07, 6.45) is 2.99. The zero-order valence-electron chi connectivity index (χ0n) is 8.20.